The summed E-state index contributed by atoms with van der Waals surface area (Å²) in [4.78, 5) is 10.2. The first-order chi connectivity index (χ1) is 6.69. The highest BCUT2D eigenvalue weighted by atomic mass is 16.5. The second kappa shape index (κ2) is 4.46. The highest BCUT2D eigenvalue weighted by Crippen LogP contribution is 2.29. The summed E-state index contributed by atoms with van der Waals surface area (Å²) in [7, 11) is 0. The monoisotopic (exact) mass is 192 g/mol. The molecule has 0 unspecified atom stereocenters. The quantitative estimate of drug-likeness (QED) is 0.748. The zero-order valence-electron chi connectivity index (χ0n) is 8.15. The standard InChI is InChI=1S/C11H12O3/c1-3-8(2)10-5-4-9(13)6-11(10)14-7-12/h3-7,13H,1-2H3/b8-3-. The summed E-state index contributed by atoms with van der Waals surface area (Å²) >= 11 is 0. The second-order valence-corrected chi connectivity index (χ2v) is 2.87. The fourth-order valence-electron chi connectivity index (χ4n) is 1.14. The van der Waals surface area contributed by atoms with Gasteiger partial charge in [0, 0.05) is 11.6 Å². The van der Waals surface area contributed by atoms with Gasteiger partial charge in [-0.1, -0.05) is 6.08 Å². The summed E-state index contributed by atoms with van der Waals surface area (Å²) < 4.78 is 4.76. The van der Waals surface area contributed by atoms with E-state index in [0.29, 0.717) is 12.2 Å². The molecule has 0 heterocycles. The van der Waals surface area contributed by atoms with E-state index in [0.717, 1.165) is 11.1 Å². The molecule has 0 aliphatic carbocycles. The molecule has 0 spiro atoms. The number of phenols is 1. The third kappa shape index (κ3) is 2.13. The Labute approximate surface area is 82.6 Å². The predicted molar refractivity (Wildman–Crippen MR) is 54.1 cm³/mol. The van der Waals surface area contributed by atoms with E-state index in [1.165, 1.54) is 6.07 Å². The minimum absolute atomic E-state index is 0.0782. The smallest absolute Gasteiger partial charge is 0.298 e. The molecule has 0 amide bonds. The van der Waals surface area contributed by atoms with Crippen molar-refractivity contribution in [2.24, 2.45) is 0 Å². The fourth-order valence-corrected chi connectivity index (χ4v) is 1.14. The molecule has 0 aromatic heterocycles. The molecule has 1 aromatic rings. The molecule has 0 radical (unpaired) electrons. The van der Waals surface area contributed by atoms with Crippen LogP contribution in [-0.4, -0.2) is 11.6 Å². The predicted octanol–water partition coefficient (Wildman–Crippen LogP) is 2.35. The van der Waals surface area contributed by atoms with Crippen molar-refractivity contribution in [3.05, 3.63) is 29.8 Å². The third-order valence-corrected chi connectivity index (χ3v) is 2.00. The highest BCUT2D eigenvalue weighted by Gasteiger charge is 2.05. The first-order valence-corrected chi connectivity index (χ1v) is 4.25. The molecule has 0 bridgehead atoms. The Bertz CT molecular complexity index is 367. The highest BCUT2D eigenvalue weighted by molar-refractivity contribution is 5.71. The SMILES string of the molecule is C/C=C(/C)c1ccc(O)cc1OC=O. The average molecular weight is 192 g/mol. The second-order valence-electron chi connectivity index (χ2n) is 2.87. The molecular formula is C11H12O3. The van der Waals surface area contributed by atoms with Crippen LogP contribution in [0.4, 0.5) is 0 Å². The summed E-state index contributed by atoms with van der Waals surface area (Å²) in [5.74, 6) is 0.449. The van der Waals surface area contributed by atoms with Crippen molar-refractivity contribution in [2.45, 2.75) is 13.8 Å². The Hall–Kier alpha value is -1.77. The Balaban J connectivity index is 3.20. The number of carbonyl (C=O) groups excluding carboxylic acids is 1. The van der Waals surface area contributed by atoms with Crippen LogP contribution in [0.1, 0.15) is 19.4 Å². The van der Waals surface area contributed by atoms with Gasteiger partial charge in [0.1, 0.15) is 11.5 Å². The maximum Gasteiger partial charge on any atom is 0.298 e. The van der Waals surface area contributed by atoms with Gasteiger partial charge in [0.25, 0.3) is 6.47 Å². The molecule has 0 saturated carbocycles. The van der Waals surface area contributed by atoms with E-state index in [2.05, 4.69) is 0 Å². The number of rotatable bonds is 3. The van der Waals surface area contributed by atoms with Gasteiger partial charge in [-0.15, -0.1) is 0 Å². The number of ether oxygens (including phenoxy) is 1. The van der Waals surface area contributed by atoms with E-state index in [1.54, 1.807) is 12.1 Å². The molecule has 0 aliphatic heterocycles. The molecule has 14 heavy (non-hydrogen) atoms. The van der Waals surface area contributed by atoms with Gasteiger partial charge < -0.3 is 9.84 Å². The number of allylic oxidation sites excluding steroid dienone is 2. The molecule has 0 saturated heterocycles. The number of benzene rings is 1. The van der Waals surface area contributed by atoms with Crippen molar-refractivity contribution >= 4 is 12.0 Å². The molecule has 0 fully saturated rings. The average Bonchev–Trinajstić information content (AvgIpc) is 2.17. The van der Waals surface area contributed by atoms with Gasteiger partial charge in [-0.05, 0) is 31.6 Å². The van der Waals surface area contributed by atoms with Crippen molar-refractivity contribution in [3.63, 3.8) is 0 Å². The Kier molecular flexibility index (Phi) is 3.29. The first-order valence-electron chi connectivity index (χ1n) is 4.25. The van der Waals surface area contributed by atoms with Gasteiger partial charge in [0.2, 0.25) is 0 Å². The Morgan fingerprint density at radius 1 is 1.50 bits per heavy atom. The summed E-state index contributed by atoms with van der Waals surface area (Å²) in [6.45, 7) is 4.15. The largest absolute Gasteiger partial charge is 0.508 e. The van der Waals surface area contributed by atoms with Crippen LogP contribution in [0.25, 0.3) is 5.57 Å². The van der Waals surface area contributed by atoms with Gasteiger partial charge in [0.15, 0.2) is 0 Å². The van der Waals surface area contributed by atoms with Gasteiger partial charge in [-0.3, -0.25) is 4.79 Å². The van der Waals surface area contributed by atoms with Crippen LogP contribution in [0.3, 0.4) is 0 Å². The number of hydrogen-bond donors (Lipinski definition) is 1. The van der Waals surface area contributed by atoms with Crippen LogP contribution < -0.4 is 4.74 Å². The number of phenolic OH excluding ortho intramolecular Hbond substituents is 1. The topological polar surface area (TPSA) is 46.5 Å². The minimum Gasteiger partial charge on any atom is -0.508 e. The Morgan fingerprint density at radius 3 is 2.79 bits per heavy atom. The van der Waals surface area contributed by atoms with Gasteiger partial charge in [-0.2, -0.15) is 0 Å². The van der Waals surface area contributed by atoms with Crippen LogP contribution in [0.5, 0.6) is 11.5 Å². The van der Waals surface area contributed by atoms with Crippen LogP contribution in [0, 0.1) is 0 Å². The lowest BCUT2D eigenvalue weighted by molar-refractivity contribution is -0.120. The molecule has 74 valence electrons. The van der Waals surface area contributed by atoms with E-state index in [9.17, 15) is 9.90 Å². The van der Waals surface area contributed by atoms with E-state index in [4.69, 9.17) is 4.74 Å². The van der Waals surface area contributed by atoms with Crippen LogP contribution >= 0.6 is 0 Å². The lowest BCUT2D eigenvalue weighted by atomic mass is 10.1. The van der Waals surface area contributed by atoms with Crippen LogP contribution in [-0.2, 0) is 4.79 Å². The van der Waals surface area contributed by atoms with Gasteiger partial charge in [0.05, 0.1) is 0 Å². The van der Waals surface area contributed by atoms with E-state index in [-0.39, 0.29) is 5.75 Å². The zero-order valence-corrected chi connectivity index (χ0v) is 8.15. The number of hydrogen-bond acceptors (Lipinski definition) is 3. The molecule has 3 nitrogen and oxygen atoms in total. The molecule has 0 aliphatic rings. The van der Waals surface area contributed by atoms with Crippen LogP contribution in [0.2, 0.25) is 0 Å². The van der Waals surface area contributed by atoms with Crippen molar-refractivity contribution in [1.29, 1.82) is 0 Å². The zero-order chi connectivity index (χ0) is 10.6. The molecular weight excluding hydrogens is 180 g/mol. The first kappa shape index (κ1) is 10.3. The number of aromatic hydroxyl groups is 1. The maximum atomic E-state index is 10.2. The van der Waals surface area contributed by atoms with Crippen LogP contribution in [0.15, 0.2) is 24.3 Å². The fraction of sp³-hybridized carbons (Fsp3) is 0.182. The third-order valence-electron chi connectivity index (χ3n) is 2.00. The lowest BCUT2D eigenvalue weighted by Gasteiger charge is -2.07. The van der Waals surface area contributed by atoms with Gasteiger partial charge in [-0.25, -0.2) is 0 Å². The molecule has 1 N–H and O–H groups in total. The van der Waals surface area contributed by atoms with E-state index in [1.807, 2.05) is 19.9 Å². The summed E-state index contributed by atoms with van der Waals surface area (Å²) in [6, 6.07) is 4.68. The van der Waals surface area contributed by atoms with E-state index >= 15 is 0 Å². The molecule has 1 aromatic carbocycles. The summed E-state index contributed by atoms with van der Waals surface area (Å²) in [5.41, 5.74) is 1.79. The van der Waals surface area contributed by atoms with Crippen molar-refractivity contribution in [3.8, 4) is 11.5 Å². The maximum absolute atomic E-state index is 10.2. The molecule has 1 rings (SSSR count). The number of carbonyl (C=O) groups is 1. The molecule has 0 atom stereocenters. The van der Waals surface area contributed by atoms with Gasteiger partial charge >= 0.3 is 0 Å². The summed E-state index contributed by atoms with van der Waals surface area (Å²) in [5, 5.41) is 9.20. The summed E-state index contributed by atoms with van der Waals surface area (Å²) in [6.07, 6.45) is 1.91. The Morgan fingerprint density at radius 2 is 2.21 bits per heavy atom. The van der Waals surface area contributed by atoms with Crippen molar-refractivity contribution in [1.82, 2.24) is 0 Å². The van der Waals surface area contributed by atoms with Crippen molar-refractivity contribution in [2.75, 3.05) is 0 Å². The van der Waals surface area contributed by atoms with E-state index < -0.39 is 0 Å². The lowest BCUT2D eigenvalue weighted by Crippen LogP contribution is -1.93. The van der Waals surface area contributed by atoms with Crippen molar-refractivity contribution < 1.29 is 14.6 Å². The molecule has 3 heteroatoms. The minimum atomic E-state index is 0.0782. The normalized spacial score (nSPS) is 11.1.